The zero-order chi connectivity index (χ0) is 10.8. The van der Waals surface area contributed by atoms with Crippen LogP contribution in [-0.2, 0) is 14.3 Å². The molecule has 14 heavy (non-hydrogen) atoms. The second-order valence-corrected chi connectivity index (χ2v) is 3.00. The minimum atomic E-state index is -0.416. The van der Waals surface area contributed by atoms with Gasteiger partial charge in [-0.1, -0.05) is 19.4 Å². The normalized spacial score (nSPS) is 11.7. The molecule has 0 radical (unpaired) electrons. The summed E-state index contributed by atoms with van der Waals surface area (Å²) in [6.45, 7) is 5.10. The highest BCUT2D eigenvalue weighted by atomic mass is 16.7. The van der Waals surface area contributed by atoms with E-state index in [2.05, 4.69) is 6.92 Å². The Morgan fingerprint density at radius 1 is 1.43 bits per heavy atom. The van der Waals surface area contributed by atoms with E-state index in [1.165, 1.54) is 0 Å². The first-order chi connectivity index (χ1) is 6.68. The average Bonchev–Trinajstić information content (AvgIpc) is 2.16. The first-order valence-corrected chi connectivity index (χ1v) is 4.80. The van der Waals surface area contributed by atoms with Crippen LogP contribution in [0.3, 0.4) is 0 Å². The smallest absolute Gasteiger partial charge is 0.244 e. The van der Waals surface area contributed by atoms with Crippen molar-refractivity contribution in [2.75, 3.05) is 20.0 Å². The molecule has 0 saturated carbocycles. The van der Waals surface area contributed by atoms with Crippen molar-refractivity contribution >= 4 is 5.91 Å². The molecule has 1 amide bonds. The number of primary amides is 1. The van der Waals surface area contributed by atoms with E-state index in [1.807, 2.05) is 0 Å². The van der Waals surface area contributed by atoms with Crippen molar-refractivity contribution in [3.63, 3.8) is 0 Å². The van der Waals surface area contributed by atoms with E-state index in [-0.39, 0.29) is 6.79 Å². The number of unbranched alkanes of at least 4 members (excludes halogenated alkanes) is 1. The van der Waals surface area contributed by atoms with Gasteiger partial charge in [0.15, 0.2) is 0 Å². The minimum Gasteiger partial charge on any atom is -0.366 e. The van der Waals surface area contributed by atoms with Gasteiger partial charge in [0.2, 0.25) is 5.91 Å². The van der Waals surface area contributed by atoms with Crippen molar-refractivity contribution in [2.24, 2.45) is 5.73 Å². The molecular weight excluding hydrogens is 182 g/mol. The summed E-state index contributed by atoms with van der Waals surface area (Å²) in [6.07, 6.45) is 3.80. The third-order valence-electron chi connectivity index (χ3n) is 1.70. The number of rotatable bonds is 8. The first kappa shape index (κ1) is 13.1. The summed E-state index contributed by atoms with van der Waals surface area (Å²) in [5.74, 6) is -0.416. The number of amides is 1. The quantitative estimate of drug-likeness (QED) is 0.365. The zero-order valence-electron chi connectivity index (χ0n) is 8.91. The van der Waals surface area contributed by atoms with Gasteiger partial charge in [-0.3, -0.25) is 4.79 Å². The van der Waals surface area contributed by atoms with Gasteiger partial charge >= 0.3 is 0 Å². The fraction of sp³-hybridized carbons (Fsp3) is 0.700. The topological polar surface area (TPSA) is 61.6 Å². The van der Waals surface area contributed by atoms with Gasteiger partial charge in [-0.15, -0.1) is 0 Å². The molecule has 4 nitrogen and oxygen atoms in total. The molecule has 0 aromatic carbocycles. The van der Waals surface area contributed by atoms with Gasteiger partial charge < -0.3 is 15.2 Å². The first-order valence-electron chi connectivity index (χ1n) is 4.80. The van der Waals surface area contributed by atoms with E-state index < -0.39 is 5.91 Å². The van der Waals surface area contributed by atoms with Gasteiger partial charge in [-0.05, 0) is 13.3 Å². The molecule has 0 aliphatic carbocycles. The average molecular weight is 201 g/mol. The maximum Gasteiger partial charge on any atom is 0.244 e. The Hall–Kier alpha value is -0.870. The lowest BCUT2D eigenvalue weighted by Crippen LogP contribution is -2.12. The standard InChI is InChI=1S/C10H19NO3/c1-3-4-6-13-8-14-7-5-9(2)10(11)12/h5H,3-4,6-8H2,1-2H3,(H2,11,12)/b9-5+. The third kappa shape index (κ3) is 7.76. The molecule has 0 bridgehead atoms. The van der Waals surface area contributed by atoms with Gasteiger partial charge in [0.25, 0.3) is 0 Å². The molecule has 0 spiro atoms. The van der Waals surface area contributed by atoms with E-state index in [4.69, 9.17) is 15.2 Å². The maximum absolute atomic E-state index is 10.6. The molecule has 0 aromatic rings. The Morgan fingerprint density at radius 3 is 2.71 bits per heavy atom. The molecule has 0 unspecified atom stereocenters. The van der Waals surface area contributed by atoms with Crippen molar-refractivity contribution in [3.05, 3.63) is 11.6 Å². The van der Waals surface area contributed by atoms with Gasteiger partial charge in [-0.25, -0.2) is 0 Å². The van der Waals surface area contributed by atoms with Crippen molar-refractivity contribution in [1.29, 1.82) is 0 Å². The van der Waals surface area contributed by atoms with Crippen LogP contribution in [0, 0.1) is 0 Å². The molecule has 0 aliphatic heterocycles. The Labute approximate surface area is 85.1 Å². The lowest BCUT2D eigenvalue weighted by atomic mass is 10.3. The molecule has 0 rings (SSSR count). The Morgan fingerprint density at radius 2 is 2.14 bits per heavy atom. The third-order valence-corrected chi connectivity index (χ3v) is 1.70. The highest BCUT2D eigenvalue weighted by molar-refractivity contribution is 5.91. The van der Waals surface area contributed by atoms with Crippen molar-refractivity contribution in [1.82, 2.24) is 0 Å². The molecule has 0 aliphatic rings. The lowest BCUT2D eigenvalue weighted by Gasteiger charge is -2.02. The number of nitrogens with two attached hydrogens (primary N) is 1. The number of ether oxygens (including phenoxy) is 2. The fourth-order valence-electron chi connectivity index (χ4n) is 0.697. The van der Waals surface area contributed by atoms with Crippen LogP contribution in [0.15, 0.2) is 11.6 Å². The van der Waals surface area contributed by atoms with E-state index in [0.29, 0.717) is 12.2 Å². The maximum atomic E-state index is 10.6. The number of carbonyl (C=O) groups excluding carboxylic acids is 1. The Kier molecular flexibility index (Phi) is 8.17. The predicted molar refractivity (Wildman–Crippen MR) is 54.6 cm³/mol. The van der Waals surface area contributed by atoms with Gasteiger partial charge in [-0.2, -0.15) is 0 Å². The lowest BCUT2D eigenvalue weighted by molar-refractivity contribution is -0.114. The van der Waals surface area contributed by atoms with E-state index in [0.717, 1.165) is 19.4 Å². The molecule has 0 atom stereocenters. The van der Waals surface area contributed by atoms with Crippen LogP contribution < -0.4 is 5.73 Å². The van der Waals surface area contributed by atoms with E-state index in [1.54, 1.807) is 13.0 Å². The zero-order valence-corrected chi connectivity index (χ0v) is 8.91. The second-order valence-electron chi connectivity index (χ2n) is 3.00. The van der Waals surface area contributed by atoms with Crippen molar-refractivity contribution < 1.29 is 14.3 Å². The van der Waals surface area contributed by atoms with E-state index in [9.17, 15) is 4.79 Å². The fourth-order valence-corrected chi connectivity index (χ4v) is 0.697. The van der Waals surface area contributed by atoms with Crippen molar-refractivity contribution in [3.8, 4) is 0 Å². The Balaban J connectivity index is 3.29. The van der Waals surface area contributed by atoms with Crippen LogP contribution in [0.2, 0.25) is 0 Å². The largest absolute Gasteiger partial charge is 0.366 e. The van der Waals surface area contributed by atoms with Gasteiger partial charge in [0.05, 0.1) is 6.61 Å². The summed E-state index contributed by atoms with van der Waals surface area (Å²) in [4.78, 5) is 10.6. The van der Waals surface area contributed by atoms with Gasteiger partial charge in [0.1, 0.15) is 6.79 Å². The summed E-state index contributed by atoms with van der Waals surface area (Å²) in [5, 5.41) is 0. The highest BCUT2D eigenvalue weighted by Gasteiger charge is 1.95. The van der Waals surface area contributed by atoms with E-state index >= 15 is 0 Å². The summed E-state index contributed by atoms with van der Waals surface area (Å²) in [5.41, 5.74) is 5.53. The number of hydrogen-bond acceptors (Lipinski definition) is 3. The highest BCUT2D eigenvalue weighted by Crippen LogP contribution is 1.91. The molecular formula is C10H19NO3. The van der Waals surface area contributed by atoms with Crippen LogP contribution >= 0.6 is 0 Å². The van der Waals surface area contributed by atoms with Crippen molar-refractivity contribution in [2.45, 2.75) is 26.7 Å². The minimum absolute atomic E-state index is 0.266. The molecule has 4 heteroatoms. The second kappa shape index (κ2) is 8.72. The number of carbonyl (C=O) groups is 1. The molecule has 0 aromatic heterocycles. The van der Waals surface area contributed by atoms with Crippen LogP contribution in [0.4, 0.5) is 0 Å². The van der Waals surface area contributed by atoms with Crippen LogP contribution in [0.1, 0.15) is 26.7 Å². The molecule has 0 heterocycles. The SMILES string of the molecule is CCCCOCOC/C=C(\C)C(N)=O. The van der Waals surface area contributed by atoms with Gasteiger partial charge in [0, 0.05) is 12.2 Å². The summed E-state index contributed by atoms with van der Waals surface area (Å²) >= 11 is 0. The molecule has 2 N–H and O–H groups in total. The molecule has 0 fully saturated rings. The number of hydrogen-bond donors (Lipinski definition) is 1. The molecule has 82 valence electrons. The molecule has 0 saturated heterocycles. The van der Waals surface area contributed by atoms with Crippen LogP contribution in [0.25, 0.3) is 0 Å². The summed E-state index contributed by atoms with van der Waals surface area (Å²) in [7, 11) is 0. The van der Waals surface area contributed by atoms with Crippen LogP contribution in [-0.4, -0.2) is 25.9 Å². The summed E-state index contributed by atoms with van der Waals surface area (Å²) in [6, 6.07) is 0. The van der Waals surface area contributed by atoms with Crippen LogP contribution in [0.5, 0.6) is 0 Å². The Bertz CT molecular complexity index is 190. The monoisotopic (exact) mass is 201 g/mol. The predicted octanol–water partition coefficient (Wildman–Crippen LogP) is 1.21. The summed E-state index contributed by atoms with van der Waals surface area (Å²) < 4.78 is 10.2.